The second-order valence-corrected chi connectivity index (χ2v) is 7.75. The number of benzene rings is 2. The molecule has 130 valence electrons. The summed E-state index contributed by atoms with van der Waals surface area (Å²) < 4.78 is 1.03. The zero-order valence-corrected chi connectivity index (χ0v) is 16.0. The second-order valence-electron chi connectivity index (χ2n) is 6.14. The molecule has 4 heteroatoms. The molecule has 0 aliphatic carbocycles. The van der Waals surface area contributed by atoms with Crippen LogP contribution in [-0.2, 0) is 5.75 Å². The summed E-state index contributed by atoms with van der Waals surface area (Å²) in [5, 5.41) is 0. The molecule has 0 unspecified atom stereocenters. The van der Waals surface area contributed by atoms with Gasteiger partial charge in [0.05, 0.1) is 0 Å². The summed E-state index contributed by atoms with van der Waals surface area (Å²) in [5.41, 5.74) is 2.60. The molecule has 0 atom stereocenters. The summed E-state index contributed by atoms with van der Waals surface area (Å²) in [7, 11) is 0. The summed E-state index contributed by atoms with van der Waals surface area (Å²) in [5.74, 6) is 0.958. The van der Waals surface area contributed by atoms with Crippen molar-refractivity contribution >= 4 is 34.4 Å². The first kappa shape index (κ1) is 18.2. The first-order valence-electron chi connectivity index (χ1n) is 8.71. The fourth-order valence-electron chi connectivity index (χ4n) is 2.83. The summed E-state index contributed by atoms with van der Waals surface area (Å²) >= 11 is 7.40. The summed E-state index contributed by atoms with van der Waals surface area (Å²) in [6, 6.07) is 21.0. The highest BCUT2D eigenvalue weighted by Gasteiger charge is 2.18. The van der Waals surface area contributed by atoms with Crippen molar-refractivity contribution in [3.63, 3.8) is 0 Å². The Morgan fingerprint density at radius 1 is 0.920 bits per heavy atom. The molecule has 0 N–H and O–H groups in total. The molecular formula is C21H24N2S2. The highest BCUT2D eigenvalue weighted by atomic mass is 32.2. The predicted octanol–water partition coefficient (Wildman–Crippen LogP) is 4.54. The van der Waals surface area contributed by atoms with Gasteiger partial charge in [0.2, 0.25) is 0 Å². The molecule has 1 aliphatic rings. The van der Waals surface area contributed by atoms with Crippen LogP contribution in [0.3, 0.4) is 0 Å². The van der Waals surface area contributed by atoms with E-state index in [4.69, 9.17) is 12.2 Å². The maximum atomic E-state index is 5.62. The van der Waals surface area contributed by atoms with E-state index in [0.29, 0.717) is 0 Å². The fraction of sp³-hybridized carbons (Fsp3) is 0.286. The number of thioether (sulfide) groups is 1. The van der Waals surface area contributed by atoms with Crippen LogP contribution in [0.4, 0.5) is 0 Å². The Labute approximate surface area is 160 Å². The van der Waals surface area contributed by atoms with Gasteiger partial charge in [-0.3, -0.25) is 4.90 Å². The van der Waals surface area contributed by atoms with Crippen molar-refractivity contribution in [2.45, 2.75) is 5.75 Å². The lowest BCUT2D eigenvalue weighted by Crippen LogP contribution is -2.47. The SMILES string of the molecule is S=C(SCc1ccccc1)N1CCN(C/C=C/c2ccccc2)CC1. The van der Waals surface area contributed by atoms with E-state index in [1.54, 1.807) is 11.8 Å². The molecule has 3 rings (SSSR count). The van der Waals surface area contributed by atoms with Crippen molar-refractivity contribution in [1.29, 1.82) is 0 Å². The molecule has 0 aromatic heterocycles. The van der Waals surface area contributed by atoms with Gasteiger partial charge in [0.15, 0.2) is 0 Å². The zero-order valence-electron chi connectivity index (χ0n) is 14.4. The van der Waals surface area contributed by atoms with E-state index in [0.717, 1.165) is 42.8 Å². The second kappa shape index (κ2) is 9.76. The van der Waals surface area contributed by atoms with Gasteiger partial charge in [-0.1, -0.05) is 96.8 Å². The van der Waals surface area contributed by atoms with Crippen molar-refractivity contribution in [3.8, 4) is 0 Å². The average molecular weight is 369 g/mol. The van der Waals surface area contributed by atoms with Crippen molar-refractivity contribution in [1.82, 2.24) is 9.80 Å². The quantitative estimate of drug-likeness (QED) is 0.715. The molecule has 0 amide bonds. The highest BCUT2D eigenvalue weighted by Crippen LogP contribution is 2.18. The molecule has 1 saturated heterocycles. The Hall–Kier alpha value is -1.62. The summed E-state index contributed by atoms with van der Waals surface area (Å²) in [6.07, 6.45) is 4.46. The van der Waals surface area contributed by atoms with E-state index in [2.05, 4.69) is 82.6 Å². The van der Waals surface area contributed by atoms with Crippen molar-refractivity contribution < 1.29 is 0 Å². The van der Waals surface area contributed by atoms with E-state index >= 15 is 0 Å². The Morgan fingerprint density at radius 3 is 2.24 bits per heavy atom. The van der Waals surface area contributed by atoms with Crippen LogP contribution >= 0.6 is 24.0 Å². The molecule has 2 aromatic carbocycles. The molecule has 1 fully saturated rings. The van der Waals surface area contributed by atoms with Gasteiger partial charge in [0, 0.05) is 38.5 Å². The third-order valence-corrected chi connectivity index (χ3v) is 5.90. The van der Waals surface area contributed by atoms with Gasteiger partial charge in [-0.2, -0.15) is 0 Å². The molecular weight excluding hydrogens is 344 g/mol. The fourth-order valence-corrected chi connectivity index (χ4v) is 4.03. The van der Waals surface area contributed by atoms with Gasteiger partial charge in [-0.15, -0.1) is 0 Å². The standard InChI is InChI=1S/C21H24N2S2/c24-21(25-18-20-10-5-2-6-11-20)23-16-14-22(15-17-23)13-7-12-19-8-3-1-4-9-19/h1-12H,13-18H2/b12-7+. The average Bonchev–Trinajstić information content (AvgIpc) is 2.68. The molecule has 2 nitrogen and oxygen atoms in total. The number of piperazine rings is 1. The topological polar surface area (TPSA) is 6.48 Å². The Morgan fingerprint density at radius 2 is 1.56 bits per heavy atom. The zero-order chi connectivity index (χ0) is 17.3. The van der Waals surface area contributed by atoms with Gasteiger partial charge in [0.25, 0.3) is 0 Å². The van der Waals surface area contributed by atoms with Crippen molar-refractivity contribution in [2.24, 2.45) is 0 Å². The minimum Gasteiger partial charge on any atom is -0.355 e. The Balaban J connectivity index is 1.38. The van der Waals surface area contributed by atoms with Gasteiger partial charge in [0.1, 0.15) is 4.32 Å². The summed E-state index contributed by atoms with van der Waals surface area (Å²) in [4.78, 5) is 4.83. The maximum Gasteiger partial charge on any atom is 0.136 e. The van der Waals surface area contributed by atoms with E-state index in [9.17, 15) is 0 Å². The van der Waals surface area contributed by atoms with Gasteiger partial charge in [-0.25, -0.2) is 0 Å². The van der Waals surface area contributed by atoms with Crippen LogP contribution in [0.2, 0.25) is 0 Å². The molecule has 1 aliphatic heterocycles. The lowest BCUT2D eigenvalue weighted by molar-refractivity contribution is 0.202. The number of hydrogen-bond donors (Lipinski definition) is 0. The van der Waals surface area contributed by atoms with Crippen LogP contribution in [-0.4, -0.2) is 46.8 Å². The maximum absolute atomic E-state index is 5.62. The molecule has 0 bridgehead atoms. The molecule has 1 heterocycles. The predicted molar refractivity (Wildman–Crippen MR) is 114 cm³/mol. The first-order chi connectivity index (χ1) is 12.3. The van der Waals surface area contributed by atoms with Crippen LogP contribution in [0.15, 0.2) is 66.7 Å². The van der Waals surface area contributed by atoms with Crippen LogP contribution in [0.5, 0.6) is 0 Å². The first-order valence-corrected chi connectivity index (χ1v) is 10.1. The van der Waals surface area contributed by atoms with Crippen LogP contribution in [0.25, 0.3) is 6.08 Å². The smallest absolute Gasteiger partial charge is 0.136 e. The molecule has 25 heavy (non-hydrogen) atoms. The minimum atomic E-state index is 0.958. The number of thiocarbonyl (C=S) groups is 1. The minimum absolute atomic E-state index is 0.958. The van der Waals surface area contributed by atoms with E-state index in [1.807, 2.05) is 0 Å². The van der Waals surface area contributed by atoms with Gasteiger partial charge in [-0.05, 0) is 11.1 Å². The van der Waals surface area contributed by atoms with Gasteiger partial charge >= 0.3 is 0 Å². The monoisotopic (exact) mass is 368 g/mol. The Bertz CT molecular complexity index is 678. The van der Waals surface area contributed by atoms with E-state index in [-0.39, 0.29) is 0 Å². The lowest BCUT2D eigenvalue weighted by atomic mass is 10.2. The highest BCUT2D eigenvalue weighted by molar-refractivity contribution is 8.22. The lowest BCUT2D eigenvalue weighted by Gasteiger charge is -2.35. The number of hydrogen-bond acceptors (Lipinski definition) is 3. The van der Waals surface area contributed by atoms with Crippen molar-refractivity contribution in [2.75, 3.05) is 32.7 Å². The van der Waals surface area contributed by atoms with Crippen LogP contribution in [0, 0.1) is 0 Å². The number of nitrogens with zero attached hydrogens (tertiary/aromatic N) is 2. The van der Waals surface area contributed by atoms with E-state index < -0.39 is 0 Å². The summed E-state index contributed by atoms with van der Waals surface area (Å²) in [6.45, 7) is 5.21. The van der Waals surface area contributed by atoms with Gasteiger partial charge < -0.3 is 4.90 Å². The van der Waals surface area contributed by atoms with Crippen LogP contribution < -0.4 is 0 Å². The third kappa shape index (κ3) is 5.99. The largest absolute Gasteiger partial charge is 0.355 e. The van der Waals surface area contributed by atoms with Crippen molar-refractivity contribution in [3.05, 3.63) is 77.9 Å². The Kier molecular flexibility index (Phi) is 7.10. The molecule has 0 saturated carbocycles. The normalized spacial score (nSPS) is 15.6. The van der Waals surface area contributed by atoms with E-state index in [1.165, 1.54) is 11.1 Å². The van der Waals surface area contributed by atoms with Crippen LogP contribution in [0.1, 0.15) is 11.1 Å². The third-order valence-electron chi connectivity index (χ3n) is 4.31. The molecule has 0 spiro atoms. The number of rotatable bonds is 5. The molecule has 0 radical (unpaired) electrons. The molecule has 2 aromatic rings.